The van der Waals surface area contributed by atoms with Gasteiger partial charge in [-0.2, -0.15) is 0 Å². The van der Waals surface area contributed by atoms with Crippen molar-refractivity contribution >= 4 is 33.8 Å². The summed E-state index contributed by atoms with van der Waals surface area (Å²) in [6, 6.07) is 14.9. The molecule has 1 atom stereocenters. The summed E-state index contributed by atoms with van der Waals surface area (Å²) in [6.45, 7) is 4.07. The number of benzene rings is 1. The van der Waals surface area contributed by atoms with E-state index in [9.17, 15) is 0 Å². The first-order valence-corrected chi connectivity index (χ1v) is 9.12. The van der Waals surface area contributed by atoms with Crippen molar-refractivity contribution in [1.29, 1.82) is 0 Å². The van der Waals surface area contributed by atoms with E-state index in [-0.39, 0.29) is 6.04 Å². The number of aromatic nitrogens is 1. The summed E-state index contributed by atoms with van der Waals surface area (Å²) in [5, 5.41) is 7.31. The predicted molar refractivity (Wildman–Crippen MR) is 97.4 cm³/mol. The molecule has 0 radical (unpaired) electrons. The molecule has 5 heteroatoms. The maximum absolute atomic E-state index is 6.59. The lowest BCUT2D eigenvalue weighted by Crippen LogP contribution is -2.45. The van der Waals surface area contributed by atoms with Gasteiger partial charge < -0.3 is 5.32 Å². The van der Waals surface area contributed by atoms with Crippen LogP contribution in [-0.4, -0.2) is 36.1 Å². The predicted octanol–water partition coefficient (Wildman–Crippen LogP) is 3.94. The van der Waals surface area contributed by atoms with Crippen LogP contribution in [0.4, 0.5) is 0 Å². The molecule has 0 bridgehead atoms. The van der Waals surface area contributed by atoms with Gasteiger partial charge in [-0.05, 0) is 23.6 Å². The number of rotatable bonds is 3. The summed E-state index contributed by atoms with van der Waals surface area (Å²) < 4.78 is 0. The molecule has 118 valence electrons. The Balaban J connectivity index is 1.83. The van der Waals surface area contributed by atoms with Crippen LogP contribution in [0.1, 0.15) is 16.5 Å². The second-order valence-electron chi connectivity index (χ2n) is 5.77. The first kappa shape index (κ1) is 15.1. The second kappa shape index (κ2) is 6.57. The largest absolute Gasteiger partial charge is 0.314 e. The van der Waals surface area contributed by atoms with E-state index < -0.39 is 0 Å². The van der Waals surface area contributed by atoms with Gasteiger partial charge in [0.1, 0.15) is 5.15 Å². The van der Waals surface area contributed by atoms with Crippen LogP contribution in [-0.2, 0) is 0 Å². The van der Waals surface area contributed by atoms with Crippen LogP contribution in [0.25, 0.3) is 10.9 Å². The Morgan fingerprint density at radius 3 is 2.74 bits per heavy atom. The highest BCUT2D eigenvalue weighted by Gasteiger charge is 2.27. The molecule has 1 fully saturated rings. The summed E-state index contributed by atoms with van der Waals surface area (Å²) in [4.78, 5) is 8.45. The third-order valence-electron chi connectivity index (χ3n) is 4.33. The number of hydrogen-bond donors (Lipinski definition) is 1. The fourth-order valence-corrected chi connectivity index (χ4v) is 4.34. The quantitative estimate of drug-likeness (QED) is 0.730. The van der Waals surface area contributed by atoms with Gasteiger partial charge in [0.05, 0.1) is 11.6 Å². The average molecular weight is 344 g/mol. The standard InChI is InChI=1S/C18H18ClN3S/c19-18-14(12-13-4-1-2-5-15(13)21-18)17(16-6-3-11-23-16)22-9-7-20-8-10-22/h1-6,11-12,17,20H,7-10H2/t17-/m0/s1. The van der Waals surface area contributed by atoms with E-state index in [0.29, 0.717) is 5.15 Å². The van der Waals surface area contributed by atoms with Crippen LogP contribution < -0.4 is 5.32 Å². The van der Waals surface area contributed by atoms with Gasteiger partial charge >= 0.3 is 0 Å². The van der Waals surface area contributed by atoms with E-state index in [1.54, 1.807) is 11.3 Å². The zero-order valence-electron chi connectivity index (χ0n) is 12.7. The monoisotopic (exact) mass is 343 g/mol. The maximum Gasteiger partial charge on any atom is 0.134 e. The minimum Gasteiger partial charge on any atom is -0.314 e. The van der Waals surface area contributed by atoms with Gasteiger partial charge in [0.15, 0.2) is 0 Å². The lowest BCUT2D eigenvalue weighted by atomic mass is 10.0. The molecule has 1 saturated heterocycles. The van der Waals surface area contributed by atoms with Crippen molar-refractivity contribution in [2.75, 3.05) is 26.2 Å². The molecule has 3 nitrogen and oxygen atoms in total. The minimum absolute atomic E-state index is 0.182. The molecule has 0 spiro atoms. The number of fused-ring (bicyclic) bond motifs is 1. The van der Waals surface area contributed by atoms with Gasteiger partial charge in [-0.1, -0.05) is 35.9 Å². The van der Waals surface area contributed by atoms with Crippen LogP contribution in [0.5, 0.6) is 0 Å². The van der Waals surface area contributed by atoms with E-state index >= 15 is 0 Å². The highest BCUT2D eigenvalue weighted by Crippen LogP contribution is 2.36. The minimum atomic E-state index is 0.182. The van der Waals surface area contributed by atoms with E-state index in [1.165, 1.54) is 4.88 Å². The van der Waals surface area contributed by atoms with Gasteiger partial charge in [0, 0.05) is 42.0 Å². The van der Waals surface area contributed by atoms with Crippen molar-refractivity contribution in [2.45, 2.75) is 6.04 Å². The molecule has 23 heavy (non-hydrogen) atoms. The lowest BCUT2D eigenvalue weighted by molar-refractivity contribution is 0.200. The van der Waals surface area contributed by atoms with E-state index in [2.05, 4.69) is 44.8 Å². The molecule has 4 rings (SSSR count). The molecule has 1 aliphatic heterocycles. The number of pyridine rings is 1. The third-order valence-corrected chi connectivity index (χ3v) is 5.56. The Hall–Kier alpha value is -1.46. The van der Waals surface area contributed by atoms with Crippen molar-refractivity contribution in [1.82, 2.24) is 15.2 Å². The zero-order valence-corrected chi connectivity index (χ0v) is 14.3. The molecule has 0 aliphatic carbocycles. The SMILES string of the molecule is Clc1nc2ccccc2cc1[C@@H](c1cccs1)N1CCNCC1. The average Bonchev–Trinajstić information content (AvgIpc) is 3.11. The molecule has 2 aromatic heterocycles. The summed E-state index contributed by atoms with van der Waals surface area (Å²) in [5.74, 6) is 0. The van der Waals surface area contributed by atoms with Crippen LogP contribution in [0, 0.1) is 0 Å². The zero-order chi connectivity index (χ0) is 15.6. The molecular weight excluding hydrogens is 326 g/mol. The summed E-state index contributed by atoms with van der Waals surface area (Å²) in [6.07, 6.45) is 0. The molecule has 0 saturated carbocycles. The Bertz CT molecular complexity index is 797. The van der Waals surface area contributed by atoms with Crippen LogP contribution in [0.15, 0.2) is 47.8 Å². The Morgan fingerprint density at radius 2 is 1.96 bits per heavy atom. The van der Waals surface area contributed by atoms with Crippen molar-refractivity contribution < 1.29 is 0 Å². The van der Waals surface area contributed by atoms with Crippen molar-refractivity contribution in [3.63, 3.8) is 0 Å². The molecule has 3 aromatic rings. The fourth-order valence-electron chi connectivity index (χ4n) is 3.22. The van der Waals surface area contributed by atoms with Gasteiger partial charge in [-0.15, -0.1) is 11.3 Å². The van der Waals surface area contributed by atoms with E-state index in [4.69, 9.17) is 11.6 Å². The maximum atomic E-state index is 6.59. The number of nitrogens with one attached hydrogen (secondary N) is 1. The topological polar surface area (TPSA) is 28.2 Å². The first-order valence-electron chi connectivity index (χ1n) is 7.86. The van der Waals surface area contributed by atoms with Crippen molar-refractivity contribution in [3.8, 4) is 0 Å². The number of piperazine rings is 1. The number of para-hydroxylation sites is 1. The summed E-state index contributed by atoms with van der Waals surface area (Å²) >= 11 is 8.37. The molecule has 1 aromatic carbocycles. The Kier molecular flexibility index (Phi) is 4.31. The smallest absolute Gasteiger partial charge is 0.134 e. The first-order chi connectivity index (χ1) is 11.3. The molecule has 3 heterocycles. The van der Waals surface area contributed by atoms with Gasteiger partial charge in [0.2, 0.25) is 0 Å². The Morgan fingerprint density at radius 1 is 1.13 bits per heavy atom. The summed E-state index contributed by atoms with van der Waals surface area (Å²) in [5.41, 5.74) is 2.06. The molecular formula is C18H18ClN3S. The van der Waals surface area contributed by atoms with Gasteiger partial charge in [-0.25, -0.2) is 4.98 Å². The van der Waals surface area contributed by atoms with Gasteiger partial charge in [0.25, 0.3) is 0 Å². The van der Waals surface area contributed by atoms with Crippen molar-refractivity contribution in [2.24, 2.45) is 0 Å². The van der Waals surface area contributed by atoms with E-state index in [1.807, 2.05) is 18.2 Å². The third kappa shape index (κ3) is 3.00. The second-order valence-corrected chi connectivity index (χ2v) is 7.10. The highest BCUT2D eigenvalue weighted by atomic mass is 35.5. The summed E-state index contributed by atoms with van der Waals surface area (Å²) in [7, 11) is 0. The number of halogens is 1. The van der Waals surface area contributed by atoms with Crippen LogP contribution >= 0.6 is 22.9 Å². The molecule has 1 N–H and O–H groups in total. The van der Waals surface area contributed by atoms with E-state index in [0.717, 1.165) is 42.6 Å². The highest BCUT2D eigenvalue weighted by molar-refractivity contribution is 7.10. The lowest BCUT2D eigenvalue weighted by Gasteiger charge is -2.35. The fraction of sp³-hybridized carbons (Fsp3) is 0.278. The Labute approximate surface area is 144 Å². The molecule has 1 aliphatic rings. The number of hydrogen-bond acceptors (Lipinski definition) is 4. The van der Waals surface area contributed by atoms with Crippen LogP contribution in [0.3, 0.4) is 0 Å². The molecule has 0 unspecified atom stereocenters. The van der Waals surface area contributed by atoms with Gasteiger partial charge in [-0.3, -0.25) is 4.90 Å². The molecule has 0 amide bonds. The van der Waals surface area contributed by atoms with Crippen molar-refractivity contribution in [3.05, 3.63) is 63.4 Å². The normalized spacial score (nSPS) is 17.4. The number of nitrogens with zero attached hydrogens (tertiary/aromatic N) is 2. The van der Waals surface area contributed by atoms with Crippen LogP contribution in [0.2, 0.25) is 5.15 Å². The number of thiophene rings is 1.